The highest BCUT2D eigenvalue weighted by atomic mass is 35.5. The van der Waals surface area contributed by atoms with Gasteiger partial charge in [0.1, 0.15) is 18.0 Å². The molecule has 2 aromatic heterocycles. The van der Waals surface area contributed by atoms with Gasteiger partial charge in [0, 0.05) is 30.1 Å². The van der Waals surface area contributed by atoms with E-state index >= 15 is 0 Å². The van der Waals surface area contributed by atoms with Gasteiger partial charge in [0.05, 0.1) is 27.3 Å². The number of aromatic amines is 1. The van der Waals surface area contributed by atoms with Gasteiger partial charge in [0.25, 0.3) is 0 Å². The van der Waals surface area contributed by atoms with Crippen LogP contribution in [0.15, 0.2) is 53.6 Å². The summed E-state index contributed by atoms with van der Waals surface area (Å²) in [6.45, 7) is -0.0926. The van der Waals surface area contributed by atoms with Crippen molar-refractivity contribution in [2.45, 2.75) is 42.4 Å². The number of halogens is 3. The average molecular weight is 644 g/mol. The molecule has 1 saturated carbocycles. The molecule has 0 atom stereocenters. The van der Waals surface area contributed by atoms with Crippen LogP contribution >= 0.6 is 19.4 Å². The molecule has 5 rings (SSSR count). The molecule has 1 aliphatic rings. The molecule has 3 N–H and O–H groups in total. The average Bonchev–Trinajstić information content (AvgIpc) is 3.74. The molecular weight excluding hydrogens is 615 g/mol. The first-order valence-corrected chi connectivity index (χ1v) is 16.7. The van der Waals surface area contributed by atoms with Crippen molar-refractivity contribution >= 4 is 51.2 Å². The number of rotatable bonds is 13. The van der Waals surface area contributed by atoms with E-state index in [0.29, 0.717) is 45.7 Å². The number of hydrogen-bond donors (Lipinski definition) is 3. The number of hydrogen-bond acceptors (Lipinski definition) is 7. The van der Waals surface area contributed by atoms with Gasteiger partial charge in [-0.1, -0.05) is 30.7 Å². The number of nitrogens with zero attached hydrogens (tertiary/aromatic N) is 2. The van der Waals surface area contributed by atoms with Crippen LogP contribution in [0.2, 0.25) is 5.02 Å². The van der Waals surface area contributed by atoms with Crippen molar-refractivity contribution in [2.75, 3.05) is 26.3 Å². The molecule has 42 heavy (non-hydrogen) atoms. The quantitative estimate of drug-likeness (QED) is 0.0941. The normalized spacial score (nSPS) is 14.7. The number of aromatic nitrogens is 2. The summed E-state index contributed by atoms with van der Waals surface area (Å²) in [5, 5.41) is 1.49. The lowest BCUT2D eigenvalue weighted by atomic mass is 9.99. The van der Waals surface area contributed by atoms with Crippen LogP contribution in [-0.2, 0) is 18.9 Å². The fourth-order valence-corrected chi connectivity index (χ4v) is 7.03. The molecule has 0 saturated heterocycles. The summed E-state index contributed by atoms with van der Waals surface area (Å²) < 4.78 is 75.6. The van der Waals surface area contributed by atoms with E-state index in [1.807, 2.05) is 6.07 Å². The van der Waals surface area contributed by atoms with Crippen molar-refractivity contribution in [1.29, 1.82) is 0 Å². The number of fused-ring (bicyclic) bond motifs is 3. The molecule has 4 aromatic rings. The molecule has 0 amide bonds. The van der Waals surface area contributed by atoms with E-state index in [1.54, 1.807) is 36.4 Å². The van der Waals surface area contributed by atoms with Gasteiger partial charge < -0.3 is 19.5 Å². The highest BCUT2D eigenvalue weighted by Crippen LogP contribution is 2.41. The van der Waals surface area contributed by atoms with E-state index in [-0.39, 0.29) is 36.3 Å². The number of H-pyrrole nitrogens is 1. The van der Waals surface area contributed by atoms with Gasteiger partial charge >= 0.3 is 13.9 Å². The molecule has 0 radical (unpaired) electrons. The number of phosphoric ester groups is 1. The summed E-state index contributed by atoms with van der Waals surface area (Å²) in [4.78, 5) is 26.2. The summed E-state index contributed by atoms with van der Waals surface area (Å²) in [6.07, 6.45) is 2.99. The molecule has 0 unspecified atom stereocenters. The first kappa shape index (κ1) is 30.8. The topological polar surface area (TPSA) is 142 Å². The second kappa shape index (κ2) is 11.8. The number of likely N-dealkylation sites (N-methyl/N-ethyl adjacent to an activating group) is 1. The highest BCUT2D eigenvalue weighted by molar-refractivity contribution is 7.92. The zero-order valence-electron chi connectivity index (χ0n) is 22.5. The van der Waals surface area contributed by atoms with Crippen molar-refractivity contribution < 1.29 is 40.8 Å². The second-order valence-electron chi connectivity index (χ2n) is 10.0. The van der Waals surface area contributed by atoms with Crippen molar-refractivity contribution in [3.05, 3.63) is 53.7 Å². The van der Waals surface area contributed by atoms with E-state index in [1.165, 1.54) is 13.1 Å². The van der Waals surface area contributed by atoms with Crippen molar-refractivity contribution in [3.63, 3.8) is 0 Å². The third kappa shape index (κ3) is 6.62. The standard InChI is InChI=1S/C27H29ClF2N3O7PS/c1-2-33(27(29,30)16-40-41(34,35)36)11-4-12-39-23-10-9-21(24-22-14-18(28)15-31-26(22)32-25(23)24)17-5-3-6-20(13-17)42(37,38)19-7-8-19/h3,5-6,9-10,13-15,19H,2,4,7-8,11-12,16H2,1H3,(H,31,32)(H2,34,35,36). The van der Waals surface area contributed by atoms with Gasteiger partial charge in [0.15, 0.2) is 9.84 Å². The smallest absolute Gasteiger partial charge is 0.469 e. The van der Waals surface area contributed by atoms with Crippen LogP contribution in [0.1, 0.15) is 26.2 Å². The lowest BCUT2D eigenvalue weighted by Crippen LogP contribution is -2.45. The zero-order chi connectivity index (χ0) is 30.3. The second-order valence-corrected chi connectivity index (χ2v) is 13.9. The lowest BCUT2D eigenvalue weighted by Gasteiger charge is -2.29. The number of pyridine rings is 1. The van der Waals surface area contributed by atoms with Crippen LogP contribution in [-0.4, -0.2) is 70.7 Å². The Hall–Kier alpha value is -2.64. The van der Waals surface area contributed by atoms with Crippen molar-refractivity contribution in [1.82, 2.24) is 14.9 Å². The number of phosphoric acid groups is 1. The Morgan fingerprint density at radius 1 is 1.21 bits per heavy atom. The maximum atomic E-state index is 14.4. The van der Waals surface area contributed by atoms with E-state index in [4.69, 9.17) is 26.1 Å². The largest absolute Gasteiger partial charge is 0.491 e. The Morgan fingerprint density at radius 2 is 1.98 bits per heavy atom. The fraction of sp³-hybridized carbons (Fsp3) is 0.370. The fourth-order valence-electron chi connectivity index (χ4n) is 4.85. The summed E-state index contributed by atoms with van der Waals surface area (Å²) in [5.74, 6) is 0.435. The molecule has 1 aliphatic carbocycles. The van der Waals surface area contributed by atoms with Crippen LogP contribution in [0.4, 0.5) is 8.78 Å². The van der Waals surface area contributed by atoms with E-state index in [2.05, 4.69) is 14.5 Å². The number of ether oxygens (including phenoxy) is 1. The van der Waals surface area contributed by atoms with Gasteiger partial charge in [-0.2, -0.15) is 8.78 Å². The molecule has 2 aromatic carbocycles. The van der Waals surface area contributed by atoms with Crippen LogP contribution in [0.5, 0.6) is 5.75 Å². The highest BCUT2D eigenvalue weighted by Gasteiger charge is 2.39. The molecule has 0 bridgehead atoms. The first-order chi connectivity index (χ1) is 19.8. The SMILES string of the molecule is CCN(CCCOc1ccc(-c2cccc(S(=O)(=O)C3CC3)c2)c2c1[nH]c1ncc(Cl)cc12)C(F)(F)COP(=O)(O)O. The lowest BCUT2D eigenvalue weighted by molar-refractivity contribution is -0.169. The Balaban J connectivity index is 1.41. The molecule has 10 nitrogen and oxygen atoms in total. The molecule has 0 aliphatic heterocycles. The minimum absolute atomic E-state index is 0.0546. The third-order valence-electron chi connectivity index (χ3n) is 7.05. The third-order valence-corrected chi connectivity index (χ3v) is 9.98. The summed E-state index contributed by atoms with van der Waals surface area (Å²) >= 11 is 6.27. The van der Waals surface area contributed by atoms with Crippen LogP contribution in [0, 0.1) is 0 Å². The Bertz CT molecular complexity index is 1780. The maximum Gasteiger partial charge on any atom is 0.469 e. The number of sulfone groups is 1. The maximum absolute atomic E-state index is 14.4. The van der Waals surface area contributed by atoms with Gasteiger partial charge in [-0.05, 0) is 60.7 Å². The minimum Gasteiger partial charge on any atom is -0.491 e. The summed E-state index contributed by atoms with van der Waals surface area (Å²) in [5.41, 5.74) is 2.55. The Labute approximate surface area is 245 Å². The van der Waals surface area contributed by atoms with Crippen molar-refractivity contribution in [2.24, 2.45) is 0 Å². The van der Waals surface area contributed by atoms with E-state index in [0.717, 1.165) is 15.8 Å². The van der Waals surface area contributed by atoms with Crippen LogP contribution < -0.4 is 4.74 Å². The van der Waals surface area contributed by atoms with Gasteiger partial charge in [0.2, 0.25) is 0 Å². The number of benzene rings is 2. The molecule has 15 heteroatoms. The first-order valence-electron chi connectivity index (χ1n) is 13.2. The van der Waals surface area contributed by atoms with E-state index in [9.17, 15) is 21.8 Å². The van der Waals surface area contributed by atoms with Gasteiger partial charge in [-0.3, -0.25) is 4.52 Å². The van der Waals surface area contributed by atoms with Crippen LogP contribution in [0.25, 0.3) is 33.1 Å². The molecule has 226 valence electrons. The molecule has 2 heterocycles. The molecule has 0 spiro atoms. The number of nitrogens with one attached hydrogen (secondary N) is 1. The predicted molar refractivity (Wildman–Crippen MR) is 155 cm³/mol. The summed E-state index contributed by atoms with van der Waals surface area (Å²) in [6, 6.07) is 8.48. The molecule has 1 fully saturated rings. The monoisotopic (exact) mass is 643 g/mol. The minimum atomic E-state index is -5.04. The van der Waals surface area contributed by atoms with Crippen LogP contribution in [0.3, 0.4) is 0 Å². The Morgan fingerprint density at radius 3 is 2.67 bits per heavy atom. The van der Waals surface area contributed by atoms with Gasteiger partial charge in [-0.25, -0.2) is 22.9 Å². The molecular formula is C27H29ClF2N3O7PS. The van der Waals surface area contributed by atoms with Gasteiger partial charge in [-0.15, -0.1) is 0 Å². The predicted octanol–water partition coefficient (Wildman–Crippen LogP) is 5.77. The Kier molecular flexibility index (Phi) is 8.66. The zero-order valence-corrected chi connectivity index (χ0v) is 24.9. The summed E-state index contributed by atoms with van der Waals surface area (Å²) in [7, 11) is -8.45. The van der Waals surface area contributed by atoms with Crippen molar-refractivity contribution in [3.8, 4) is 16.9 Å². The van der Waals surface area contributed by atoms with E-state index < -0.39 is 30.3 Å². The number of alkyl halides is 2.